The predicted molar refractivity (Wildman–Crippen MR) is 93.4 cm³/mol. The van der Waals surface area contributed by atoms with Crippen LogP contribution in [-0.2, 0) is 4.74 Å². The second-order valence-electron chi connectivity index (χ2n) is 6.25. The highest BCUT2D eigenvalue weighted by Crippen LogP contribution is 2.24. The molecule has 3 heterocycles. The first-order chi connectivity index (χ1) is 11.9. The average molecular weight is 323 g/mol. The number of aliphatic imine (C=N–C) groups is 1. The Morgan fingerprint density at radius 1 is 1.12 bits per heavy atom. The molecule has 0 aliphatic carbocycles. The molecule has 0 radical (unpaired) electrons. The molecule has 1 fully saturated rings. The van der Waals surface area contributed by atoms with Crippen molar-refractivity contribution in [1.82, 2.24) is 20.1 Å². The number of rotatable bonds is 4. The number of H-pyrrole nitrogens is 1. The van der Waals surface area contributed by atoms with Crippen LogP contribution >= 0.6 is 0 Å². The molecule has 4 rings (SSSR count). The fourth-order valence-electron chi connectivity index (χ4n) is 3.18. The van der Waals surface area contributed by atoms with Crippen molar-refractivity contribution in [2.45, 2.75) is 12.8 Å². The third-order valence-electron chi connectivity index (χ3n) is 4.55. The van der Waals surface area contributed by atoms with Crippen molar-refractivity contribution >= 4 is 11.9 Å². The first-order valence-electron chi connectivity index (χ1n) is 8.41. The summed E-state index contributed by atoms with van der Waals surface area (Å²) in [7, 11) is 0. The molecule has 2 aliphatic rings. The first kappa shape index (κ1) is 15.1. The summed E-state index contributed by atoms with van der Waals surface area (Å²) in [5.41, 5.74) is 3.15. The van der Waals surface area contributed by atoms with Gasteiger partial charge in [-0.2, -0.15) is 5.10 Å². The van der Waals surface area contributed by atoms with Crippen LogP contribution in [0.25, 0.3) is 17.1 Å². The van der Waals surface area contributed by atoms with E-state index in [1.165, 1.54) is 6.33 Å². The molecule has 1 N–H and O–H groups in total. The molecule has 0 unspecified atom stereocenters. The Hall–Kier alpha value is -2.47. The second kappa shape index (κ2) is 6.97. The van der Waals surface area contributed by atoms with Gasteiger partial charge in [0.2, 0.25) is 0 Å². The van der Waals surface area contributed by atoms with Gasteiger partial charge in [0.1, 0.15) is 6.33 Å². The minimum absolute atomic E-state index is 0.719. The lowest BCUT2D eigenvalue weighted by Crippen LogP contribution is -2.31. The number of ether oxygens (including phenoxy) is 1. The molecule has 1 saturated heterocycles. The Morgan fingerprint density at radius 3 is 2.67 bits per heavy atom. The first-order valence-corrected chi connectivity index (χ1v) is 8.41. The Morgan fingerprint density at radius 2 is 1.92 bits per heavy atom. The highest BCUT2D eigenvalue weighted by Gasteiger charge is 2.17. The van der Waals surface area contributed by atoms with Gasteiger partial charge in [0.05, 0.1) is 12.2 Å². The Bertz CT molecular complexity index is 714. The van der Waals surface area contributed by atoms with Crippen molar-refractivity contribution in [3.63, 3.8) is 0 Å². The topological polar surface area (TPSA) is 66.4 Å². The van der Waals surface area contributed by atoms with E-state index in [0.717, 1.165) is 67.7 Å². The summed E-state index contributed by atoms with van der Waals surface area (Å²) in [6.07, 6.45) is 8.01. The molecule has 1 aromatic carbocycles. The zero-order valence-corrected chi connectivity index (χ0v) is 13.6. The van der Waals surface area contributed by atoms with E-state index in [2.05, 4.69) is 43.4 Å². The lowest BCUT2D eigenvalue weighted by Gasteiger charge is -2.29. The number of hydrogen-bond acceptors (Lipinski definition) is 5. The molecule has 6 heteroatoms. The largest absolute Gasteiger partial charge is 0.381 e. The van der Waals surface area contributed by atoms with Crippen LogP contribution in [-0.4, -0.2) is 52.6 Å². The zero-order chi connectivity index (χ0) is 16.2. The van der Waals surface area contributed by atoms with Crippen molar-refractivity contribution < 1.29 is 4.74 Å². The average Bonchev–Trinajstić information content (AvgIpc) is 3.18. The van der Waals surface area contributed by atoms with Gasteiger partial charge in [0, 0.05) is 43.3 Å². The molecule has 1 aromatic heterocycles. The van der Waals surface area contributed by atoms with Gasteiger partial charge in [-0.15, -0.1) is 0 Å². The molecule has 2 aromatic rings. The molecule has 0 bridgehead atoms. The molecule has 0 amide bonds. The molecule has 124 valence electrons. The van der Waals surface area contributed by atoms with Crippen LogP contribution in [0, 0.1) is 5.92 Å². The highest BCUT2D eigenvalue weighted by atomic mass is 16.5. The van der Waals surface area contributed by atoms with E-state index in [4.69, 9.17) is 4.74 Å². The molecule has 2 aliphatic heterocycles. The monoisotopic (exact) mass is 323 g/mol. The van der Waals surface area contributed by atoms with Crippen molar-refractivity contribution in [2.24, 2.45) is 10.9 Å². The maximum absolute atomic E-state index is 5.45. The van der Waals surface area contributed by atoms with Gasteiger partial charge in [0.15, 0.2) is 5.82 Å². The van der Waals surface area contributed by atoms with Crippen LogP contribution < -0.4 is 0 Å². The number of aromatic amines is 1. The van der Waals surface area contributed by atoms with Crippen molar-refractivity contribution in [3.05, 3.63) is 42.4 Å². The summed E-state index contributed by atoms with van der Waals surface area (Å²) < 4.78 is 5.45. The fourth-order valence-corrected chi connectivity index (χ4v) is 3.18. The maximum Gasteiger partial charge on any atom is 0.155 e. The van der Waals surface area contributed by atoms with Gasteiger partial charge >= 0.3 is 0 Å². The zero-order valence-electron chi connectivity index (χ0n) is 13.6. The molecule has 0 saturated carbocycles. The van der Waals surface area contributed by atoms with Crippen molar-refractivity contribution in [1.29, 1.82) is 0 Å². The van der Waals surface area contributed by atoms with Crippen LogP contribution in [0.15, 0.2) is 41.8 Å². The number of benzene rings is 1. The van der Waals surface area contributed by atoms with Crippen LogP contribution in [0.4, 0.5) is 0 Å². The van der Waals surface area contributed by atoms with E-state index in [1.807, 2.05) is 18.3 Å². The summed E-state index contributed by atoms with van der Waals surface area (Å²) in [6, 6.07) is 8.26. The van der Waals surface area contributed by atoms with Gasteiger partial charge in [-0.25, -0.2) is 4.98 Å². The van der Waals surface area contributed by atoms with E-state index in [0.29, 0.717) is 0 Å². The summed E-state index contributed by atoms with van der Waals surface area (Å²) in [6.45, 7) is 3.75. The predicted octanol–water partition coefficient (Wildman–Crippen LogP) is 2.58. The SMILES string of the molecule is C1=NC(c2ccc(-c3ncn[nH]3)cc2)=CN(CC2CCOCC2)C1. The maximum atomic E-state index is 5.45. The Kier molecular flexibility index (Phi) is 4.38. The number of nitrogens with zero attached hydrogens (tertiary/aromatic N) is 4. The summed E-state index contributed by atoms with van der Waals surface area (Å²) in [5, 5.41) is 6.77. The number of hydrogen-bond donors (Lipinski definition) is 1. The minimum atomic E-state index is 0.719. The molecular formula is C18H21N5O. The third-order valence-corrected chi connectivity index (χ3v) is 4.55. The van der Waals surface area contributed by atoms with E-state index >= 15 is 0 Å². The normalized spacial score (nSPS) is 18.7. The van der Waals surface area contributed by atoms with Crippen LogP contribution in [0.1, 0.15) is 18.4 Å². The van der Waals surface area contributed by atoms with Gasteiger partial charge in [-0.3, -0.25) is 10.1 Å². The Labute approximate surface area is 141 Å². The lowest BCUT2D eigenvalue weighted by atomic mass is 9.99. The highest BCUT2D eigenvalue weighted by molar-refractivity contribution is 5.77. The van der Waals surface area contributed by atoms with Crippen LogP contribution in [0.3, 0.4) is 0 Å². The van der Waals surface area contributed by atoms with E-state index < -0.39 is 0 Å². The third kappa shape index (κ3) is 3.38. The summed E-state index contributed by atoms with van der Waals surface area (Å²) in [4.78, 5) is 11.1. The van der Waals surface area contributed by atoms with Crippen LogP contribution in [0.5, 0.6) is 0 Å². The standard InChI is InChI=1S/C18H21N5O/c1-3-16(18-20-13-21-22-18)4-2-15(1)17-12-23(8-7-19-17)11-14-5-9-24-10-6-14/h1-4,7,12-14H,5-6,8-11H2,(H,20,21,22). The van der Waals surface area contributed by atoms with Gasteiger partial charge in [0.25, 0.3) is 0 Å². The van der Waals surface area contributed by atoms with Gasteiger partial charge in [-0.05, 0) is 18.8 Å². The molecule has 0 spiro atoms. The number of aromatic nitrogens is 3. The van der Waals surface area contributed by atoms with E-state index in [-0.39, 0.29) is 0 Å². The van der Waals surface area contributed by atoms with Crippen LogP contribution in [0.2, 0.25) is 0 Å². The molecule has 24 heavy (non-hydrogen) atoms. The second-order valence-corrected chi connectivity index (χ2v) is 6.25. The molecule has 0 atom stereocenters. The van der Waals surface area contributed by atoms with E-state index in [9.17, 15) is 0 Å². The van der Waals surface area contributed by atoms with E-state index in [1.54, 1.807) is 0 Å². The van der Waals surface area contributed by atoms with Crippen molar-refractivity contribution in [2.75, 3.05) is 26.3 Å². The smallest absolute Gasteiger partial charge is 0.155 e. The summed E-state index contributed by atoms with van der Waals surface area (Å²) >= 11 is 0. The van der Waals surface area contributed by atoms with Crippen molar-refractivity contribution in [3.8, 4) is 11.4 Å². The quantitative estimate of drug-likeness (QED) is 0.939. The number of nitrogens with one attached hydrogen (secondary N) is 1. The van der Waals surface area contributed by atoms with Gasteiger partial charge < -0.3 is 9.64 Å². The Balaban J connectivity index is 1.47. The lowest BCUT2D eigenvalue weighted by molar-refractivity contribution is 0.0591. The molecular weight excluding hydrogens is 302 g/mol. The minimum Gasteiger partial charge on any atom is -0.381 e. The summed E-state index contributed by atoms with van der Waals surface area (Å²) in [5.74, 6) is 1.50. The molecule has 6 nitrogen and oxygen atoms in total. The van der Waals surface area contributed by atoms with Gasteiger partial charge in [-0.1, -0.05) is 24.3 Å². The fraction of sp³-hybridized carbons (Fsp3) is 0.389.